The van der Waals surface area contributed by atoms with Gasteiger partial charge in [0, 0.05) is 226 Å². The minimum absolute atomic E-state index is 0. The Labute approximate surface area is 356 Å². The monoisotopic (exact) mass is 796 g/mol. The molecular weight excluding hydrogens is 768 g/mol. The third kappa shape index (κ3) is 159. The maximum absolute atomic E-state index is 3.89. The van der Waals surface area contributed by atoms with Crippen LogP contribution in [0, 0.1) is 226 Å². The van der Waals surface area contributed by atoms with Crippen molar-refractivity contribution in [2.45, 2.75) is 50.0 Å². The average molecular weight is 796 g/mol. The topological polar surface area (TPSA) is 0 Å². The van der Waals surface area contributed by atoms with Gasteiger partial charge in [0.2, 0.25) is 0 Å². The van der Waals surface area contributed by atoms with E-state index in [1.165, 1.54) is 0 Å². The molecule has 0 aromatic heterocycles. The van der Waals surface area contributed by atoms with Gasteiger partial charge in [0.05, 0.1) is 0 Å². The Bertz CT molecular complexity index is 35.1. The molecule has 0 saturated heterocycles. The van der Waals surface area contributed by atoms with Gasteiger partial charge in [0.15, 0.2) is 0 Å². The normalized spacial score (nSPS) is 0.889. The zero-order valence-electron chi connectivity index (χ0n) is 8.25. The van der Waals surface area contributed by atoms with E-state index in [2.05, 4.69) is 19.8 Å². The van der Waals surface area contributed by atoms with E-state index in [0.29, 0.717) is 0 Å². The molecule has 0 atom stereocenters. The van der Waals surface area contributed by atoms with E-state index in [0.717, 1.165) is 0 Å². The largest absolute Gasteiger partial charge is 0.107 e. The molecular formula is C7H28Ar6I3PS. The summed E-state index contributed by atoms with van der Waals surface area (Å²) in [6, 6.07) is 0. The van der Waals surface area contributed by atoms with Crippen molar-refractivity contribution >= 4 is 91.8 Å². The zero-order valence-corrected chi connectivity index (χ0v) is 21.3. The number of hydrogen-bond donors (Lipinski definition) is 0. The fraction of sp³-hybridized carbons (Fsp3) is 1.00. The second-order valence-electron chi connectivity index (χ2n) is 0. The maximum Gasteiger partial charge on any atom is 0 e. The van der Waals surface area contributed by atoms with Crippen LogP contribution in [0.5, 0.6) is 0 Å². The molecule has 0 aromatic rings. The van der Waals surface area contributed by atoms with Crippen LogP contribution in [-0.4, -0.2) is 0 Å². The Kier molecular flexibility index (Phi) is 1180. The van der Waals surface area contributed by atoms with Crippen LogP contribution in [0.3, 0.4) is 0 Å². The molecule has 0 bridgehead atoms. The zero-order chi connectivity index (χ0) is 6.00. The quantitative estimate of drug-likeness (QED) is 0.202. The molecule has 0 heterocycles. The van der Waals surface area contributed by atoms with Crippen LogP contribution >= 0.6 is 79.9 Å². The van der Waals surface area contributed by atoms with Gasteiger partial charge in [-0.15, -0.1) is 71.9 Å². The summed E-state index contributed by atoms with van der Waals surface area (Å²) < 4.78 is 0. The Morgan fingerprint density at radius 3 is 0.444 bits per heavy atom. The minimum atomic E-state index is 0. The Balaban J connectivity index is -0.000000000433. The summed E-state index contributed by atoms with van der Waals surface area (Å²) in [7, 11) is 2.56. The summed E-state index contributed by atoms with van der Waals surface area (Å²) in [5, 5.41) is 0. The van der Waals surface area contributed by atoms with Gasteiger partial charge in [-0.2, -0.15) is 0 Å². The summed E-state index contributed by atoms with van der Waals surface area (Å²) >= 11 is 3.89. The van der Waals surface area contributed by atoms with Gasteiger partial charge >= 0.3 is 0 Å². The van der Waals surface area contributed by atoms with E-state index in [-0.39, 0.29) is 321 Å². The van der Waals surface area contributed by atoms with Gasteiger partial charge in [0.1, 0.15) is 0 Å². The first kappa shape index (κ1) is 119. The van der Waals surface area contributed by atoms with Gasteiger partial charge in [0.25, 0.3) is 0 Å². The molecule has 0 aliphatic rings. The van der Waals surface area contributed by atoms with Gasteiger partial charge in [-0.1, -0.05) is 61.8 Å². The Hall–Kier alpha value is 10.3. The molecule has 0 radical (unpaired) electrons. The first-order valence-corrected chi connectivity index (χ1v) is 3.84. The van der Waals surface area contributed by atoms with Gasteiger partial charge in [-0.05, 0) is 8.02 Å². The Morgan fingerprint density at radius 2 is 0.444 bits per heavy atom. The molecule has 136 valence electrons. The van der Waals surface area contributed by atoms with Crippen LogP contribution < -0.4 is 0 Å². The predicted octanol–water partition coefficient (Wildman–Crippen LogP) is 6.41. The van der Waals surface area contributed by atoms with Crippen molar-refractivity contribution in [1.82, 2.24) is 0 Å². The van der Waals surface area contributed by atoms with Crippen molar-refractivity contribution in [2.75, 3.05) is 0 Å². The second-order valence-corrected chi connectivity index (χ2v) is 0. The fourth-order valence-corrected chi connectivity index (χ4v) is 0. The smallest absolute Gasteiger partial charge is 0 e. The minimum Gasteiger partial charge on any atom is -0.107 e. The van der Waals surface area contributed by atoms with Crippen molar-refractivity contribution in [3.8, 4) is 0 Å². The third-order valence-corrected chi connectivity index (χ3v) is 0. The van der Waals surface area contributed by atoms with Crippen LogP contribution in [0.4, 0.5) is 0 Å². The van der Waals surface area contributed by atoms with Crippen LogP contribution in [0.25, 0.3) is 0 Å². The summed E-state index contributed by atoms with van der Waals surface area (Å²) in [5.74, 6) is 0. The van der Waals surface area contributed by atoms with Crippen molar-refractivity contribution in [3.05, 3.63) is 0 Å². The molecule has 0 N–H and O–H groups in total. The summed E-state index contributed by atoms with van der Waals surface area (Å²) in [6.45, 7) is 8.00. The van der Waals surface area contributed by atoms with Gasteiger partial charge < -0.3 is 0 Å². The molecule has 0 aromatic carbocycles. The predicted molar refractivity (Wildman–Crippen MR) is 105 cm³/mol. The van der Waals surface area contributed by atoms with E-state index in [9.17, 15) is 0 Å². The third-order valence-electron chi connectivity index (χ3n) is 0. The number of rotatable bonds is 0. The summed E-state index contributed by atoms with van der Waals surface area (Å²) in [4.78, 5) is 0. The van der Waals surface area contributed by atoms with E-state index in [1.54, 1.807) is 0 Å². The standard InChI is InChI=1S/2C2H6.3CH4.6Ar.3HI.HPS/c2*1-2;;;;;;;;;;;;;1-2/h2*1-2H3;3*1H4;;;;;;;3*1H;1H. The van der Waals surface area contributed by atoms with Gasteiger partial charge in [-0.3, -0.25) is 0 Å². The number of hydrogen-bond acceptors (Lipinski definition) is 1. The van der Waals surface area contributed by atoms with Crippen molar-refractivity contribution < 1.29 is 226 Å². The van der Waals surface area contributed by atoms with Gasteiger partial charge in [-0.25, -0.2) is 0 Å². The molecule has 0 fully saturated rings. The summed E-state index contributed by atoms with van der Waals surface area (Å²) in [6.07, 6.45) is 0. The first-order chi connectivity index (χ1) is 3.00. The van der Waals surface area contributed by atoms with E-state index < -0.39 is 0 Å². The van der Waals surface area contributed by atoms with E-state index in [4.69, 9.17) is 0 Å². The Morgan fingerprint density at radius 1 is 0.444 bits per heavy atom. The van der Waals surface area contributed by atoms with Crippen LogP contribution in [-0.2, 0) is 11.8 Å². The molecule has 0 amide bonds. The molecule has 0 nitrogen and oxygen atoms in total. The molecule has 18 heavy (non-hydrogen) atoms. The molecule has 11 heteroatoms. The molecule has 0 unspecified atom stereocenters. The summed E-state index contributed by atoms with van der Waals surface area (Å²) in [5.41, 5.74) is 0. The van der Waals surface area contributed by atoms with Crippen LogP contribution in [0.15, 0.2) is 0 Å². The first-order valence-electron chi connectivity index (χ1n) is 2.20. The molecule has 0 rings (SSSR count). The molecule has 0 saturated carbocycles. The molecule has 0 aliphatic carbocycles. The van der Waals surface area contributed by atoms with Crippen molar-refractivity contribution in [2.24, 2.45) is 0 Å². The van der Waals surface area contributed by atoms with Crippen molar-refractivity contribution in [1.29, 1.82) is 0 Å². The second kappa shape index (κ2) is 178. The number of halogens is 3. The van der Waals surface area contributed by atoms with Crippen LogP contribution in [0.2, 0.25) is 0 Å². The van der Waals surface area contributed by atoms with E-state index in [1.807, 2.05) is 27.7 Å². The maximum atomic E-state index is 3.89. The molecule has 0 spiro atoms. The van der Waals surface area contributed by atoms with E-state index >= 15 is 0 Å². The van der Waals surface area contributed by atoms with Crippen molar-refractivity contribution in [3.63, 3.8) is 0 Å². The molecule has 0 aliphatic heterocycles. The fourth-order valence-electron chi connectivity index (χ4n) is 0. The average Bonchev–Trinajstić information content (AvgIpc) is 1.81. The SMILES string of the molecule is C.C.C.CC.CC.I.I.I.P=S.[Ar].[Ar].[Ar].[Ar].[Ar].[Ar]. The van der Waals surface area contributed by atoms with Crippen LogP contribution in [0.1, 0.15) is 50.0 Å².